The number of carbonyl (C=O) groups excluding carboxylic acids is 1. The van der Waals surface area contributed by atoms with Crippen molar-refractivity contribution in [1.29, 1.82) is 0 Å². The van der Waals surface area contributed by atoms with Crippen LogP contribution in [-0.4, -0.2) is 36.3 Å². The van der Waals surface area contributed by atoms with Gasteiger partial charge in [0.15, 0.2) is 0 Å². The molecule has 2 heterocycles. The van der Waals surface area contributed by atoms with Crippen LogP contribution >= 0.6 is 0 Å². The fourth-order valence-corrected chi connectivity index (χ4v) is 3.15. The van der Waals surface area contributed by atoms with E-state index in [1.807, 2.05) is 0 Å². The van der Waals surface area contributed by atoms with Crippen molar-refractivity contribution in [3.8, 4) is 22.8 Å². The number of rotatable bonds is 5. The lowest BCUT2D eigenvalue weighted by Gasteiger charge is -2.17. The lowest BCUT2D eigenvalue weighted by atomic mass is 9.98. The lowest BCUT2D eigenvalue weighted by Crippen LogP contribution is -2.23. The Balaban J connectivity index is 1.55. The Morgan fingerprint density at radius 2 is 2.11 bits per heavy atom. The quantitative estimate of drug-likeness (QED) is 0.705. The van der Waals surface area contributed by atoms with E-state index in [0.717, 1.165) is 24.1 Å². The van der Waals surface area contributed by atoms with Crippen LogP contribution in [0.2, 0.25) is 0 Å². The van der Waals surface area contributed by atoms with Crippen LogP contribution in [0.1, 0.15) is 11.1 Å². The number of anilines is 1. The molecule has 144 valence electrons. The number of hydrogen-bond acceptors (Lipinski definition) is 6. The van der Waals surface area contributed by atoms with E-state index in [4.69, 9.17) is 9.26 Å². The molecule has 0 saturated heterocycles. The summed E-state index contributed by atoms with van der Waals surface area (Å²) in [6, 6.07) is 10.3. The van der Waals surface area contributed by atoms with Gasteiger partial charge in [-0.1, -0.05) is 5.16 Å². The second kappa shape index (κ2) is 7.87. The molecule has 4 rings (SSSR count). The Morgan fingerprint density at radius 1 is 1.29 bits per heavy atom. The molecule has 8 heteroatoms. The number of nitrogens with one attached hydrogen (secondary N) is 2. The summed E-state index contributed by atoms with van der Waals surface area (Å²) in [7, 11) is 1.46. The highest BCUT2D eigenvalue weighted by molar-refractivity contribution is 5.91. The van der Waals surface area contributed by atoms with Crippen LogP contribution in [0.15, 0.2) is 40.9 Å². The third-order valence-corrected chi connectivity index (χ3v) is 4.53. The first kappa shape index (κ1) is 18.3. The smallest absolute Gasteiger partial charge is 0.261 e. The zero-order chi connectivity index (χ0) is 19.5. The highest BCUT2D eigenvalue weighted by Crippen LogP contribution is 2.28. The summed E-state index contributed by atoms with van der Waals surface area (Å²) in [5, 5.41) is 9.94. The molecule has 0 radical (unpaired) electrons. The summed E-state index contributed by atoms with van der Waals surface area (Å²) in [6.07, 6.45) is 0.800. The third-order valence-electron chi connectivity index (χ3n) is 4.53. The van der Waals surface area contributed by atoms with Crippen molar-refractivity contribution < 1.29 is 18.4 Å². The molecule has 2 aromatic carbocycles. The van der Waals surface area contributed by atoms with Gasteiger partial charge < -0.3 is 19.9 Å². The van der Waals surface area contributed by atoms with Gasteiger partial charge in [0.2, 0.25) is 11.7 Å². The maximum Gasteiger partial charge on any atom is 0.261 e. The Hall–Kier alpha value is -3.10. The summed E-state index contributed by atoms with van der Waals surface area (Å²) in [6.45, 7) is 1.52. The number of halogens is 1. The summed E-state index contributed by atoms with van der Waals surface area (Å²) >= 11 is 0. The fraction of sp³-hybridized carbons (Fsp3) is 0.250. The fourth-order valence-electron chi connectivity index (χ4n) is 3.15. The van der Waals surface area contributed by atoms with Crippen molar-refractivity contribution in [3.63, 3.8) is 0 Å². The minimum absolute atomic E-state index is 0.0161. The number of ether oxygens (including phenoxy) is 1. The van der Waals surface area contributed by atoms with Gasteiger partial charge in [-0.15, -0.1) is 0 Å². The van der Waals surface area contributed by atoms with Gasteiger partial charge >= 0.3 is 0 Å². The summed E-state index contributed by atoms with van der Waals surface area (Å²) in [5.41, 5.74) is 3.66. The van der Waals surface area contributed by atoms with Crippen LogP contribution in [-0.2, 0) is 22.5 Å². The predicted octanol–water partition coefficient (Wildman–Crippen LogP) is 2.77. The van der Waals surface area contributed by atoms with E-state index in [1.54, 1.807) is 36.4 Å². The molecule has 1 aromatic heterocycles. The van der Waals surface area contributed by atoms with E-state index in [1.165, 1.54) is 7.11 Å². The van der Waals surface area contributed by atoms with Gasteiger partial charge in [0.05, 0.1) is 5.56 Å². The Labute approximate surface area is 160 Å². The Morgan fingerprint density at radius 3 is 2.89 bits per heavy atom. The van der Waals surface area contributed by atoms with Crippen molar-refractivity contribution >= 4 is 11.6 Å². The standard InChI is InChI=1S/C20H19FN4O3/c1-27-11-18(26)23-15-4-2-12(3-5-15)19-24-20(28-25-19)16-8-14-10-22-7-6-13(14)9-17(16)21/h2-5,8-9,22H,6-7,10-11H2,1H3,(H,23,26). The first-order valence-electron chi connectivity index (χ1n) is 8.89. The average molecular weight is 382 g/mol. The predicted molar refractivity (Wildman–Crippen MR) is 101 cm³/mol. The molecule has 0 aliphatic carbocycles. The van der Waals surface area contributed by atoms with Gasteiger partial charge in [-0.25, -0.2) is 4.39 Å². The molecule has 0 saturated carbocycles. The number of benzene rings is 2. The topological polar surface area (TPSA) is 89.3 Å². The molecule has 28 heavy (non-hydrogen) atoms. The SMILES string of the molecule is COCC(=O)Nc1ccc(-c2noc(-c3cc4c(cc3F)CCNC4)n2)cc1. The number of carbonyl (C=O) groups is 1. The van der Waals surface area contributed by atoms with Gasteiger partial charge in [-0.05, 0) is 60.5 Å². The van der Waals surface area contributed by atoms with Crippen LogP contribution < -0.4 is 10.6 Å². The molecular weight excluding hydrogens is 363 g/mol. The Bertz CT molecular complexity index is 1000. The lowest BCUT2D eigenvalue weighted by molar-refractivity contribution is -0.119. The van der Waals surface area contributed by atoms with Gasteiger partial charge in [-0.2, -0.15) is 4.98 Å². The number of nitrogens with zero attached hydrogens (tertiary/aromatic N) is 2. The molecular formula is C20H19FN4O3. The number of methoxy groups -OCH3 is 1. The molecule has 3 aromatic rings. The highest BCUT2D eigenvalue weighted by Gasteiger charge is 2.19. The van der Waals surface area contributed by atoms with Crippen LogP contribution in [0.25, 0.3) is 22.8 Å². The minimum atomic E-state index is -0.368. The number of aromatic nitrogens is 2. The summed E-state index contributed by atoms with van der Waals surface area (Å²) < 4.78 is 24.6. The van der Waals surface area contributed by atoms with Gasteiger partial charge in [0.1, 0.15) is 12.4 Å². The number of hydrogen-bond donors (Lipinski definition) is 2. The molecule has 7 nitrogen and oxygen atoms in total. The summed E-state index contributed by atoms with van der Waals surface area (Å²) in [4.78, 5) is 15.9. The van der Waals surface area contributed by atoms with Crippen molar-refractivity contribution in [2.75, 3.05) is 25.6 Å². The van der Waals surface area contributed by atoms with Gasteiger partial charge in [-0.3, -0.25) is 4.79 Å². The third kappa shape index (κ3) is 3.78. The highest BCUT2D eigenvalue weighted by atomic mass is 19.1. The maximum absolute atomic E-state index is 14.5. The van der Waals surface area contributed by atoms with Crippen molar-refractivity contribution in [3.05, 3.63) is 53.3 Å². The van der Waals surface area contributed by atoms with E-state index in [2.05, 4.69) is 20.8 Å². The normalized spacial score (nSPS) is 13.2. The zero-order valence-corrected chi connectivity index (χ0v) is 15.3. The van der Waals surface area contributed by atoms with E-state index in [-0.39, 0.29) is 24.2 Å². The largest absolute Gasteiger partial charge is 0.375 e. The van der Waals surface area contributed by atoms with E-state index >= 15 is 0 Å². The van der Waals surface area contributed by atoms with E-state index in [0.29, 0.717) is 29.2 Å². The van der Waals surface area contributed by atoms with E-state index < -0.39 is 0 Å². The van der Waals surface area contributed by atoms with Gasteiger partial charge in [0.25, 0.3) is 5.89 Å². The first-order chi connectivity index (χ1) is 13.6. The molecule has 0 bridgehead atoms. The second-order valence-electron chi connectivity index (χ2n) is 6.51. The van der Waals surface area contributed by atoms with Crippen molar-refractivity contribution in [2.45, 2.75) is 13.0 Å². The molecule has 1 amide bonds. The van der Waals surface area contributed by atoms with Crippen LogP contribution in [0.5, 0.6) is 0 Å². The molecule has 0 spiro atoms. The molecule has 1 aliphatic heterocycles. The average Bonchev–Trinajstić information content (AvgIpc) is 3.18. The van der Waals surface area contributed by atoms with Crippen LogP contribution in [0, 0.1) is 5.82 Å². The second-order valence-corrected chi connectivity index (χ2v) is 6.51. The number of fused-ring (bicyclic) bond motifs is 1. The monoisotopic (exact) mass is 382 g/mol. The van der Waals surface area contributed by atoms with Crippen molar-refractivity contribution in [2.24, 2.45) is 0 Å². The Kier molecular flexibility index (Phi) is 5.14. The molecule has 1 aliphatic rings. The molecule has 0 fully saturated rings. The summed E-state index contributed by atoms with van der Waals surface area (Å²) in [5.74, 6) is -0.125. The van der Waals surface area contributed by atoms with Crippen LogP contribution in [0.3, 0.4) is 0 Å². The zero-order valence-electron chi connectivity index (χ0n) is 15.3. The minimum Gasteiger partial charge on any atom is -0.375 e. The first-order valence-corrected chi connectivity index (χ1v) is 8.89. The molecule has 0 atom stereocenters. The van der Waals surface area contributed by atoms with Gasteiger partial charge in [0, 0.05) is 24.9 Å². The van der Waals surface area contributed by atoms with E-state index in [9.17, 15) is 9.18 Å². The van der Waals surface area contributed by atoms with Crippen LogP contribution in [0.4, 0.5) is 10.1 Å². The van der Waals surface area contributed by atoms with Crippen molar-refractivity contribution in [1.82, 2.24) is 15.5 Å². The maximum atomic E-state index is 14.5. The number of amides is 1. The molecule has 0 unspecified atom stereocenters. The molecule has 2 N–H and O–H groups in total.